The molecule has 1 aliphatic rings. The Morgan fingerprint density at radius 1 is 1.29 bits per heavy atom. The average Bonchev–Trinajstić information content (AvgIpc) is 2.85. The Morgan fingerprint density at radius 3 is 2.38 bits per heavy atom. The number of ketones is 1. The first-order valence-electron chi connectivity index (χ1n) is 7.41. The van der Waals surface area contributed by atoms with Crippen LogP contribution < -0.4 is 4.74 Å². The zero-order valence-electron chi connectivity index (χ0n) is 13.7. The van der Waals surface area contributed by atoms with Gasteiger partial charge in [-0.15, -0.1) is 11.8 Å². The number of amides is 1. The number of carbonyl (C=O) groups excluding carboxylic acids is 2. The van der Waals surface area contributed by atoms with Crippen LogP contribution in [0.2, 0.25) is 0 Å². The van der Waals surface area contributed by atoms with Gasteiger partial charge in [0.15, 0.2) is 5.78 Å². The minimum absolute atomic E-state index is 0.0736. The molecule has 1 aromatic rings. The summed E-state index contributed by atoms with van der Waals surface area (Å²) < 4.78 is 5.07. The van der Waals surface area contributed by atoms with Gasteiger partial charge in [0.1, 0.15) is 11.1 Å². The molecule has 1 atom stereocenters. The quantitative estimate of drug-likeness (QED) is 0.760. The second-order valence-corrected chi connectivity index (χ2v) is 6.12. The second-order valence-electron chi connectivity index (χ2n) is 5.20. The molecule has 1 aliphatic heterocycles. The first-order chi connectivity index (χ1) is 11.4. The van der Waals surface area contributed by atoms with Crippen LogP contribution in [0, 0.1) is 0 Å². The summed E-state index contributed by atoms with van der Waals surface area (Å²) in [4.78, 5) is 38.1. The fraction of sp³-hybridized carbons (Fsp3) is 0.353. The van der Waals surface area contributed by atoms with Crippen LogP contribution in [0.4, 0.5) is 0 Å². The summed E-state index contributed by atoms with van der Waals surface area (Å²) in [5, 5.41) is 8.64. The molecule has 0 radical (unpaired) electrons. The van der Waals surface area contributed by atoms with E-state index in [0.29, 0.717) is 17.9 Å². The molecule has 0 spiro atoms. The maximum atomic E-state index is 12.9. The van der Waals surface area contributed by atoms with Crippen molar-refractivity contribution in [1.82, 2.24) is 4.90 Å². The van der Waals surface area contributed by atoms with Crippen LogP contribution in [-0.2, 0) is 9.59 Å². The van der Waals surface area contributed by atoms with Crippen LogP contribution in [-0.4, -0.2) is 53.0 Å². The Labute approximate surface area is 144 Å². The third-order valence-corrected chi connectivity index (χ3v) is 4.80. The molecule has 1 N–H and O–H groups in total. The summed E-state index contributed by atoms with van der Waals surface area (Å²) >= 11 is 1.35. The first kappa shape index (κ1) is 18.1. The zero-order valence-corrected chi connectivity index (χ0v) is 14.6. The van der Waals surface area contributed by atoms with Crippen LogP contribution in [0.25, 0.3) is 0 Å². The number of rotatable bonds is 7. The number of thioether (sulfide) groups is 1. The molecule has 0 aromatic heterocycles. The van der Waals surface area contributed by atoms with Crippen LogP contribution in [0.5, 0.6) is 5.75 Å². The summed E-state index contributed by atoms with van der Waals surface area (Å²) in [7, 11) is 1.53. The second kappa shape index (κ2) is 7.53. The van der Waals surface area contributed by atoms with Crippen molar-refractivity contribution in [1.29, 1.82) is 0 Å². The van der Waals surface area contributed by atoms with Gasteiger partial charge in [-0.2, -0.15) is 0 Å². The third-order valence-electron chi connectivity index (χ3n) is 3.86. The standard InChI is InChI=1S/C17H19NO5S/c1-4-18-16(22)12(9-13(19)20)14(17(18)24-3)15(21)10-5-7-11(23-2)8-6-10/h5-8,17H,4,9H2,1-3H3,(H,19,20)/t17-/m1/s1. The number of ether oxygens (including phenoxy) is 1. The van der Waals surface area contributed by atoms with E-state index in [2.05, 4.69) is 0 Å². The van der Waals surface area contributed by atoms with Gasteiger partial charge in [-0.3, -0.25) is 14.4 Å². The number of nitrogens with zero attached hydrogens (tertiary/aromatic N) is 1. The molecule has 1 heterocycles. The Kier molecular flexibility index (Phi) is 5.66. The number of Topliss-reactive ketones (excluding diaryl/α,β-unsaturated/α-hetero) is 1. The maximum Gasteiger partial charge on any atom is 0.308 e. The molecule has 128 valence electrons. The van der Waals surface area contributed by atoms with E-state index in [1.54, 1.807) is 37.4 Å². The number of aliphatic carboxylic acids is 1. The van der Waals surface area contributed by atoms with Gasteiger partial charge >= 0.3 is 5.97 Å². The predicted octanol–water partition coefficient (Wildman–Crippen LogP) is 2.20. The number of hydrogen-bond donors (Lipinski definition) is 1. The van der Waals surface area contributed by atoms with Gasteiger partial charge in [-0.05, 0) is 37.4 Å². The van der Waals surface area contributed by atoms with Gasteiger partial charge in [-0.25, -0.2) is 0 Å². The molecule has 0 saturated carbocycles. The van der Waals surface area contributed by atoms with Crippen LogP contribution >= 0.6 is 11.8 Å². The number of hydrogen-bond acceptors (Lipinski definition) is 5. The highest BCUT2D eigenvalue weighted by Gasteiger charge is 2.41. The van der Waals surface area contributed by atoms with Gasteiger partial charge in [0.2, 0.25) is 0 Å². The van der Waals surface area contributed by atoms with E-state index in [9.17, 15) is 14.4 Å². The monoisotopic (exact) mass is 349 g/mol. The topological polar surface area (TPSA) is 83.9 Å². The van der Waals surface area contributed by atoms with E-state index in [0.717, 1.165) is 0 Å². The van der Waals surface area contributed by atoms with Crippen molar-refractivity contribution in [3.8, 4) is 5.75 Å². The Bertz CT molecular complexity index is 695. The van der Waals surface area contributed by atoms with Gasteiger partial charge < -0.3 is 14.7 Å². The minimum Gasteiger partial charge on any atom is -0.497 e. The fourth-order valence-electron chi connectivity index (χ4n) is 2.72. The number of methoxy groups -OCH3 is 1. The van der Waals surface area contributed by atoms with Crippen molar-refractivity contribution in [2.24, 2.45) is 0 Å². The first-order valence-corrected chi connectivity index (χ1v) is 8.70. The Hall–Kier alpha value is -2.28. The van der Waals surface area contributed by atoms with Crippen molar-refractivity contribution >= 4 is 29.4 Å². The van der Waals surface area contributed by atoms with Crippen molar-refractivity contribution in [3.05, 3.63) is 41.0 Å². The van der Waals surface area contributed by atoms with Crippen molar-refractivity contribution in [3.63, 3.8) is 0 Å². The summed E-state index contributed by atoms with van der Waals surface area (Å²) in [6, 6.07) is 6.55. The van der Waals surface area contributed by atoms with Crippen LogP contribution in [0.3, 0.4) is 0 Å². The van der Waals surface area contributed by atoms with Crippen molar-refractivity contribution < 1.29 is 24.2 Å². The van der Waals surface area contributed by atoms with Gasteiger partial charge in [0.05, 0.1) is 13.5 Å². The fourth-order valence-corrected chi connectivity index (χ4v) is 3.71. The van der Waals surface area contributed by atoms with Gasteiger partial charge in [0.25, 0.3) is 5.91 Å². The summed E-state index contributed by atoms with van der Waals surface area (Å²) in [6.45, 7) is 2.22. The molecule has 0 aliphatic carbocycles. The normalized spacial score (nSPS) is 17.4. The van der Waals surface area contributed by atoms with Gasteiger partial charge in [0, 0.05) is 23.3 Å². The van der Waals surface area contributed by atoms with E-state index in [1.807, 2.05) is 0 Å². The molecule has 2 rings (SSSR count). The Morgan fingerprint density at radius 2 is 1.92 bits per heavy atom. The SMILES string of the molecule is CCN1C(=O)C(CC(=O)O)=C(C(=O)c2ccc(OC)cc2)[C@H]1SC. The van der Waals surface area contributed by atoms with E-state index >= 15 is 0 Å². The zero-order chi connectivity index (χ0) is 17.9. The largest absolute Gasteiger partial charge is 0.497 e. The molecule has 6 nitrogen and oxygen atoms in total. The lowest BCUT2D eigenvalue weighted by molar-refractivity contribution is -0.137. The number of carboxylic acid groups (broad SMARTS) is 1. The average molecular weight is 349 g/mol. The number of carboxylic acids is 1. The molecule has 0 saturated heterocycles. The lowest BCUT2D eigenvalue weighted by Crippen LogP contribution is -2.34. The summed E-state index contributed by atoms with van der Waals surface area (Å²) in [5.74, 6) is -1.21. The molecule has 24 heavy (non-hydrogen) atoms. The molecule has 0 bridgehead atoms. The highest BCUT2D eigenvalue weighted by atomic mass is 32.2. The summed E-state index contributed by atoms with van der Waals surface area (Å²) in [5.41, 5.74) is 0.741. The van der Waals surface area contributed by atoms with Crippen molar-refractivity contribution in [2.45, 2.75) is 18.7 Å². The van der Waals surface area contributed by atoms with Crippen LogP contribution in [0.15, 0.2) is 35.4 Å². The molecular weight excluding hydrogens is 330 g/mol. The molecule has 0 unspecified atom stereocenters. The van der Waals surface area contributed by atoms with Crippen LogP contribution in [0.1, 0.15) is 23.7 Å². The molecule has 0 fully saturated rings. The lowest BCUT2D eigenvalue weighted by Gasteiger charge is -2.23. The number of likely N-dealkylation sites (N-methyl/N-ethyl adjacent to an activating group) is 1. The molecule has 7 heteroatoms. The number of benzene rings is 1. The smallest absolute Gasteiger partial charge is 0.308 e. The van der Waals surface area contributed by atoms with E-state index in [1.165, 1.54) is 23.8 Å². The molecular formula is C17H19NO5S. The lowest BCUT2D eigenvalue weighted by atomic mass is 9.98. The Balaban J connectivity index is 2.49. The van der Waals surface area contributed by atoms with E-state index in [-0.39, 0.29) is 22.8 Å². The van der Waals surface area contributed by atoms with Crippen molar-refractivity contribution in [2.75, 3.05) is 19.9 Å². The van der Waals surface area contributed by atoms with Gasteiger partial charge in [-0.1, -0.05) is 0 Å². The summed E-state index contributed by atoms with van der Waals surface area (Å²) in [6.07, 6.45) is 1.34. The highest BCUT2D eigenvalue weighted by molar-refractivity contribution is 7.99. The van der Waals surface area contributed by atoms with E-state index < -0.39 is 17.8 Å². The molecule has 1 amide bonds. The predicted molar refractivity (Wildman–Crippen MR) is 91.3 cm³/mol. The third kappa shape index (κ3) is 3.31. The minimum atomic E-state index is -1.13. The number of carbonyl (C=O) groups is 3. The highest BCUT2D eigenvalue weighted by Crippen LogP contribution is 2.35. The maximum absolute atomic E-state index is 12.9. The molecule has 1 aromatic carbocycles. The van der Waals surface area contributed by atoms with E-state index in [4.69, 9.17) is 9.84 Å².